The molecule has 3 aromatic rings. The molecule has 38 heavy (non-hydrogen) atoms. The molecular weight excluding hydrogens is 502 g/mol. The number of likely N-dealkylation sites (N-methyl/N-ethyl adjacent to an activating group) is 1. The first-order valence-corrected chi connectivity index (χ1v) is 14.0. The van der Waals surface area contributed by atoms with Crippen molar-refractivity contribution >= 4 is 27.5 Å². The number of carbonyl (C=O) groups is 2. The molecule has 1 atom stereocenters. The summed E-state index contributed by atoms with van der Waals surface area (Å²) in [4.78, 5) is 28.1. The summed E-state index contributed by atoms with van der Waals surface area (Å²) >= 11 is 0. The number of aryl methyl sites for hydroxylation is 1. The van der Waals surface area contributed by atoms with Gasteiger partial charge in [0.15, 0.2) is 0 Å². The standard InChI is InChI=1S/C29H35N3O5S/c1-5-27(29(34)30-4)31(20-23-14-12-22(3)13-15-23)28(33)21-32(24-10-8-7-9-11-24)38(35,36)26-18-16-25(17-19-26)37-6-2/h7-19,27H,5-6,20-21H2,1-4H3,(H,30,34). The highest BCUT2D eigenvalue weighted by Gasteiger charge is 2.33. The van der Waals surface area contributed by atoms with Gasteiger partial charge in [-0.05, 0) is 62.2 Å². The Bertz CT molecular complexity index is 1310. The highest BCUT2D eigenvalue weighted by molar-refractivity contribution is 7.92. The third-order valence-corrected chi connectivity index (χ3v) is 7.94. The van der Waals surface area contributed by atoms with Gasteiger partial charge in [0.1, 0.15) is 18.3 Å². The highest BCUT2D eigenvalue weighted by atomic mass is 32.2. The van der Waals surface area contributed by atoms with Crippen molar-refractivity contribution in [3.05, 3.63) is 90.0 Å². The number of benzene rings is 3. The summed E-state index contributed by atoms with van der Waals surface area (Å²) < 4.78 is 34.2. The minimum atomic E-state index is -4.12. The molecule has 3 aromatic carbocycles. The van der Waals surface area contributed by atoms with Crippen LogP contribution >= 0.6 is 0 Å². The number of hydrogen-bond acceptors (Lipinski definition) is 5. The molecule has 0 saturated heterocycles. The molecule has 0 spiro atoms. The predicted octanol–water partition coefficient (Wildman–Crippen LogP) is 4.14. The van der Waals surface area contributed by atoms with Crippen molar-refractivity contribution in [3.8, 4) is 5.75 Å². The number of amides is 2. The largest absolute Gasteiger partial charge is 0.494 e. The Balaban J connectivity index is 2.01. The van der Waals surface area contributed by atoms with Crippen LogP contribution in [0.1, 0.15) is 31.4 Å². The zero-order valence-electron chi connectivity index (χ0n) is 22.3. The van der Waals surface area contributed by atoms with E-state index in [0.29, 0.717) is 24.5 Å². The highest BCUT2D eigenvalue weighted by Crippen LogP contribution is 2.26. The quantitative estimate of drug-likeness (QED) is 0.375. The molecule has 0 heterocycles. The molecule has 1 unspecified atom stereocenters. The predicted molar refractivity (Wildman–Crippen MR) is 148 cm³/mol. The van der Waals surface area contributed by atoms with Gasteiger partial charge in [-0.1, -0.05) is 55.0 Å². The van der Waals surface area contributed by atoms with Crippen molar-refractivity contribution in [2.75, 3.05) is 24.5 Å². The van der Waals surface area contributed by atoms with Crippen molar-refractivity contribution in [2.45, 2.75) is 44.7 Å². The molecule has 0 aliphatic heterocycles. The monoisotopic (exact) mass is 537 g/mol. The minimum Gasteiger partial charge on any atom is -0.494 e. The molecule has 0 aromatic heterocycles. The van der Waals surface area contributed by atoms with Crippen LogP contribution in [-0.4, -0.2) is 51.4 Å². The van der Waals surface area contributed by atoms with Crippen LogP contribution < -0.4 is 14.4 Å². The average Bonchev–Trinajstić information content (AvgIpc) is 2.93. The molecule has 0 fully saturated rings. The molecule has 0 radical (unpaired) electrons. The van der Waals surface area contributed by atoms with Gasteiger partial charge in [0.05, 0.1) is 17.2 Å². The van der Waals surface area contributed by atoms with Gasteiger partial charge in [-0.3, -0.25) is 13.9 Å². The van der Waals surface area contributed by atoms with Crippen LogP contribution in [0, 0.1) is 6.92 Å². The second kappa shape index (κ2) is 13.1. The van der Waals surface area contributed by atoms with Gasteiger partial charge in [-0.15, -0.1) is 0 Å². The molecule has 2 amide bonds. The maximum atomic E-state index is 13.9. The fourth-order valence-electron chi connectivity index (χ4n) is 4.10. The minimum absolute atomic E-state index is 0.0287. The molecule has 0 saturated carbocycles. The summed E-state index contributed by atoms with van der Waals surface area (Å²) in [5, 5.41) is 2.63. The zero-order chi connectivity index (χ0) is 27.7. The van der Waals surface area contributed by atoms with E-state index in [4.69, 9.17) is 4.74 Å². The SMILES string of the molecule is CCOc1ccc(S(=O)(=O)N(CC(=O)N(Cc2ccc(C)cc2)C(CC)C(=O)NC)c2ccccc2)cc1. The van der Waals surface area contributed by atoms with E-state index in [1.54, 1.807) is 42.5 Å². The van der Waals surface area contributed by atoms with Crippen LogP contribution in [0.5, 0.6) is 5.75 Å². The van der Waals surface area contributed by atoms with E-state index in [2.05, 4.69) is 5.32 Å². The van der Waals surface area contributed by atoms with Crippen molar-refractivity contribution in [2.24, 2.45) is 0 Å². The smallest absolute Gasteiger partial charge is 0.264 e. The lowest BCUT2D eigenvalue weighted by molar-refractivity contribution is -0.140. The number of anilines is 1. The molecule has 0 aliphatic carbocycles. The van der Waals surface area contributed by atoms with Gasteiger partial charge in [0.2, 0.25) is 11.8 Å². The van der Waals surface area contributed by atoms with Gasteiger partial charge < -0.3 is 15.0 Å². The Hall–Kier alpha value is -3.85. The second-order valence-corrected chi connectivity index (χ2v) is 10.7. The number of carbonyl (C=O) groups excluding carboxylic acids is 2. The fraction of sp³-hybridized carbons (Fsp3) is 0.310. The number of nitrogens with zero attached hydrogens (tertiary/aromatic N) is 2. The van der Waals surface area contributed by atoms with Gasteiger partial charge in [-0.2, -0.15) is 0 Å². The first-order chi connectivity index (χ1) is 18.2. The second-order valence-electron chi connectivity index (χ2n) is 8.80. The number of ether oxygens (including phenoxy) is 1. The molecule has 202 valence electrons. The Labute approximate surface area is 225 Å². The average molecular weight is 538 g/mol. The van der Waals surface area contributed by atoms with Crippen LogP contribution in [0.2, 0.25) is 0 Å². The number of nitrogens with one attached hydrogen (secondary N) is 1. The van der Waals surface area contributed by atoms with E-state index < -0.39 is 28.5 Å². The van der Waals surface area contributed by atoms with Gasteiger partial charge in [0, 0.05) is 13.6 Å². The van der Waals surface area contributed by atoms with E-state index in [9.17, 15) is 18.0 Å². The van der Waals surface area contributed by atoms with Crippen molar-refractivity contribution in [3.63, 3.8) is 0 Å². The summed E-state index contributed by atoms with van der Waals surface area (Å²) in [5.74, 6) is -0.248. The number of hydrogen-bond donors (Lipinski definition) is 1. The van der Waals surface area contributed by atoms with Crippen molar-refractivity contribution in [1.29, 1.82) is 0 Å². The lowest BCUT2D eigenvalue weighted by atomic mass is 10.1. The molecule has 1 N–H and O–H groups in total. The zero-order valence-corrected chi connectivity index (χ0v) is 23.1. The third-order valence-electron chi connectivity index (χ3n) is 6.15. The molecule has 0 aliphatic rings. The Morgan fingerprint density at radius 1 is 0.921 bits per heavy atom. The first kappa shape index (κ1) is 28.7. The van der Waals surface area contributed by atoms with E-state index in [1.165, 1.54) is 24.1 Å². The maximum Gasteiger partial charge on any atom is 0.264 e. The fourth-order valence-corrected chi connectivity index (χ4v) is 5.52. The molecule has 8 nitrogen and oxygen atoms in total. The van der Waals surface area contributed by atoms with Crippen LogP contribution in [0.25, 0.3) is 0 Å². The first-order valence-electron chi connectivity index (χ1n) is 12.6. The topological polar surface area (TPSA) is 96.0 Å². The Morgan fingerprint density at radius 3 is 2.11 bits per heavy atom. The number of sulfonamides is 1. The molecule has 3 rings (SSSR count). The normalized spacial score (nSPS) is 11.9. The van der Waals surface area contributed by atoms with Crippen LogP contribution in [0.3, 0.4) is 0 Å². The lowest BCUT2D eigenvalue weighted by Gasteiger charge is -2.33. The van der Waals surface area contributed by atoms with E-state index in [1.807, 2.05) is 45.0 Å². The molecule has 9 heteroatoms. The maximum absolute atomic E-state index is 13.9. The summed E-state index contributed by atoms with van der Waals surface area (Å²) in [7, 11) is -2.60. The van der Waals surface area contributed by atoms with E-state index >= 15 is 0 Å². The van der Waals surface area contributed by atoms with Crippen molar-refractivity contribution < 1.29 is 22.7 Å². The van der Waals surface area contributed by atoms with Gasteiger partial charge in [-0.25, -0.2) is 8.42 Å². The molecule has 0 bridgehead atoms. The summed E-state index contributed by atoms with van der Waals surface area (Å²) in [6.07, 6.45) is 0.369. The molecular formula is C29H35N3O5S. The number of para-hydroxylation sites is 1. The van der Waals surface area contributed by atoms with Gasteiger partial charge >= 0.3 is 0 Å². The van der Waals surface area contributed by atoms with E-state index in [-0.39, 0.29) is 17.3 Å². The van der Waals surface area contributed by atoms with Crippen molar-refractivity contribution in [1.82, 2.24) is 10.2 Å². The van der Waals surface area contributed by atoms with Gasteiger partial charge in [0.25, 0.3) is 10.0 Å². The summed E-state index contributed by atoms with van der Waals surface area (Å²) in [5.41, 5.74) is 2.26. The van der Waals surface area contributed by atoms with Crippen LogP contribution in [0.4, 0.5) is 5.69 Å². The Morgan fingerprint density at radius 2 is 1.55 bits per heavy atom. The van der Waals surface area contributed by atoms with Crippen LogP contribution in [0.15, 0.2) is 83.8 Å². The lowest BCUT2D eigenvalue weighted by Crippen LogP contribution is -2.51. The summed E-state index contributed by atoms with van der Waals surface area (Å²) in [6.45, 7) is 5.78. The summed E-state index contributed by atoms with van der Waals surface area (Å²) in [6, 6.07) is 21.5. The van der Waals surface area contributed by atoms with E-state index in [0.717, 1.165) is 15.4 Å². The Kier molecular flexibility index (Phi) is 9.90. The number of rotatable bonds is 12. The van der Waals surface area contributed by atoms with Crippen LogP contribution in [-0.2, 0) is 26.2 Å². The third kappa shape index (κ3) is 6.92.